The fourth-order valence-corrected chi connectivity index (χ4v) is 1.41. The number of thioether (sulfide) groups is 1. The Hall–Kier alpha value is -0.620. The molecule has 0 aliphatic heterocycles. The van der Waals surface area contributed by atoms with E-state index in [-0.39, 0.29) is 4.90 Å². The number of nitrogens with zero attached hydrogens (tertiary/aromatic N) is 2. The van der Waals surface area contributed by atoms with Gasteiger partial charge in [0, 0.05) is 6.26 Å². The lowest BCUT2D eigenvalue weighted by atomic mass is 10.7. The highest BCUT2D eigenvalue weighted by molar-refractivity contribution is 7.98. The molecule has 12 heavy (non-hydrogen) atoms. The largest absolute Gasteiger partial charge is 0.230 e. The maximum absolute atomic E-state index is 10.9. The Bertz CT molecular complexity index is 358. The molecule has 0 fully saturated rings. The topological polar surface area (TPSA) is 59.9 Å². The van der Waals surface area contributed by atoms with Gasteiger partial charge in [-0.05, 0) is 6.26 Å². The molecule has 0 amide bonds. The molecule has 66 valence electrons. The van der Waals surface area contributed by atoms with Gasteiger partial charge in [0.2, 0.25) is 0 Å². The Morgan fingerprint density at radius 1 is 1.33 bits per heavy atom. The summed E-state index contributed by atoms with van der Waals surface area (Å²) in [4.78, 5) is 7.83. The van der Waals surface area contributed by atoms with Gasteiger partial charge in [0.05, 0.1) is 12.4 Å². The van der Waals surface area contributed by atoms with E-state index in [1.807, 2.05) is 6.26 Å². The van der Waals surface area contributed by atoms with E-state index in [9.17, 15) is 8.42 Å². The highest BCUT2D eigenvalue weighted by Crippen LogP contribution is 2.10. The molecule has 0 aromatic carbocycles. The fraction of sp³-hybridized carbons (Fsp3) is 0.333. The van der Waals surface area contributed by atoms with Crippen LogP contribution < -0.4 is 0 Å². The maximum atomic E-state index is 10.9. The van der Waals surface area contributed by atoms with Gasteiger partial charge in [0.25, 0.3) is 0 Å². The van der Waals surface area contributed by atoms with Crippen molar-refractivity contribution in [3.05, 3.63) is 12.4 Å². The van der Waals surface area contributed by atoms with Gasteiger partial charge < -0.3 is 0 Å². The first-order valence-electron chi connectivity index (χ1n) is 3.10. The molecule has 1 aromatic rings. The molecule has 0 unspecified atom stereocenters. The van der Waals surface area contributed by atoms with Crippen LogP contribution >= 0.6 is 11.8 Å². The van der Waals surface area contributed by atoms with E-state index in [0.29, 0.717) is 5.16 Å². The van der Waals surface area contributed by atoms with Gasteiger partial charge in [0.15, 0.2) is 15.0 Å². The zero-order valence-corrected chi connectivity index (χ0v) is 8.32. The molecule has 1 rings (SSSR count). The first-order valence-corrected chi connectivity index (χ1v) is 6.22. The monoisotopic (exact) mass is 204 g/mol. The quantitative estimate of drug-likeness (QED) is 0.521. The van der Waals surface area contributed by atoms with Crippen molar-refractivity contribution < 1.29 is 8.42 Å². The molecular formula is C6H8N2O2S2. The molecule has 1 aromatic heterocycles. The Labute approximate surface area is 75.3 Å². The second-order valence-electron chi connectivity index (χ2n) is 2.18. The van der Waals surface area contributed by atoms with Gasteiger partial charge in [-0.2, -0.15) is 0 Å². The standard InChI is InChI=1S/C6H8N2O2S2/c1-11-6-7-3-5(4-8-6)12(2,9)10/h3-4H,1-2H3. The summed E-state index contributed by atoms with van der Waals surface area (Å²) >= 11 is 1.37. The molecule has 1 heterocycles. The van der Waals surface area contributed by atoms with Gasteiger partial charge in [-0.1, -0.05) is 11.8 Å². The molecule has 0 saturated carbocycles. The van der Waals surface area contributed by atoms with E-state index in [4.69, 9.17) is 0 Å². The van der Waals surface area contributed by atoms with Crippen LogP contribution in [0.1, 0.15) is 0 Å². The smallest absolute Gasteiger partial charge is 0.187 e. The zero-order valence-electron chi connectivity index (χ0n) is 6.68. The minimum Gasteiger partial charge on any atom is -0.230 e. The van der Waals surface area contributed by atoms with Crippen molar-refractivity contribution in [1.82, 2.24) is 9.97 Å². The summed E-state index contributed by atoms with van der Waals surface area (Å²) in [6, 6.07) is 0. The van der Waals surface area contributed by atoms with Crippen LogP contribution in [0.5, 0.6) is 0 Å². The van der Waals surface area contributed by atoms with Crippen LogP contribution in [0.4, 0.5) is 0 Å². The third kappa shape index (κ3) is 2.18. The molecule has 0 aliphatic rings. The van der Waals surface area contributed by atoms with E-state index < -0.39 is 9.84 Å². The molecule has 4 nitrogen and oxygen atoms in total. The highest BCUT2D eigenvalue weighted by Gasteiger charge is 2.07. The second-order valence-corrected chi connectivity index (χ2v) is 4.97. The summed E-state index contributed by atoms with van der Waals surface area (Å²) in [5.74, 6) is 0. The minimum atomic E-state index is -3.16. The summed E-state index contributed by atoms with van der Waals surface area (Å²) in [6.07, 6.45) is 5.59. The molecular weight excluding hydrogens is 196 g/mol. The van der Waals surface area contributed by atoms with E-state index in [0.717, 1.165) is 6.26 Å². The Balaban J connectivity index is 3.09. The Morgan fingerprint density at radius 2 is 1.83 bits per heavy atom. The molecule has 0 radical (unpaired) electrons. The molecule has 0 aliphatic carbocycles. The van der Waals surface area contributed by atoms with Gasteiger partial charge in [-0.15, -0.1) is 0 Å². The SMILES string of the molecule is CSc1ncc(S(C)(=O)=O)cn1. The lowest BCUT2D eigenvalue weighted by Crippen LogP contribution is -1.99. The van der Waals surface area contributed by atoms with Gasteiger partial charge in [0.1, 0.15) is 4.90 Å². The van der Waals surface area contributed by atoms with Crippen molar-refractivity contribution in [2.75, 3.05) is 12.5 Å². The van der Waals surface area contributed by atoms with Crippen molar-refractivity contribution >= 4 is 21.6 Å². The molecule has 0 N–H and O–H groups in total. The van der Waals surface area contributed by atoms with Crippen LogP contribution in [0.25, 0.3) is 0 Å². The molecule has 0 saturated heterocycles. The highest BCUT2D eigenvalue weighted by atomic mass is 32.2. The maximum Gasteiger partial charge on any atom is 0.187 e. The normalized spacial score (nSPS) is 11.5. The third-order valence-electron chi connectivity index (χ3n) is 1.22. The van der Waals surface area contributed by atoms with Crippen molar-refractivity contribution in [2.24, 2.45) is 0 Å². The lowest BCUT2D eigenvalue weighted by Gasteiger charge is -1.96. The van der Waals surface area contributed by atoms with E-state index in [1.165, 1.54) is 24.2 Å². The van der Waals surface area contributed by atoms with Gasteiger partial charge in [-0.3, -0.25) is 0 Å². The van der Waals surface area contributed by atoms with E-state index in [2.05, 4.69) is 9.97 Å². The second kappa shape index (κ2) is 3.40. The van der Waals surface area contributed by atoms with Crippen LogP contribution in [-0.4, -0.2) is 30.9 Å². The average molecular weight is 204 g/mol. The summed E-state index contributed by atoms with van der Waals surface area (Å²) in [5.41, 5.74) is 0. The van der Waals surface area contributed by atoms with Crippen molar-refractivity contribution in [3.8, 4) is 0 Å². The van der Waals surface area contributed by atoms with Crippen LogP contribution in [0.2, 0.25) is 0 Å². The Morgan fingerprint density at radius 3 is 2.17 bits per heavy atom. The number of aromatic nitrogens is 2. The van der Waals surface area contributed by atoms with Crippen LogP contribution in [0, 0.1) is 0 Å². The summed E-state index contributed by atoms with van der Waals surface area (Å²) in [5, 5.41) is 0.572. The van der Waals surface area contributed by atoms with Gasteiger partial charge in [-0.25, -0.2) is 18.4 Å². The number of hydrogen-bond donors (Lipinski definition) is 0. The Kier molecular flexibility index (Phi) is 2.69. The predicted molar refractivity (Wildman–Crippen MR) is 46.9 cm³/mol. The summed E-state index contributed by atoms with van der Waals surface area (Å²) < 4.78 is 21.9. The zero-order chi connectivity index (χ0) is 9.19. The van der Waals surface area contributed by atoms with Crippen LogP contribution in [-0.2, 0) is 9.84 Å². The van der Waals surface area contributed by atoms with Crippen LogP contribution in [0.15, 0.2) is 22.4 Å². The summed E-state index contributed by atoms with van der Waals surface area (Å²) in [7, 11) is -3.16. The number of sulfone groups is 1. The lowest BCUT2D eigenvalue weighted by molar-refractivity contribution is 0.600. The molecule has 6 heteroatoms. The van der Waals surface area contributed by atoms with Crippen molar-refractivity contribution in [2.45, 2.75) is 10.1 Å². The van der Waals surface area contributed by atoms with E-state index in [1.54, 1.807) is 0 Å². The molecule has 0 spiro atoms. The predicted octanol–water partition coefficient (Wildman–Crippen LogP) is 0.602. The number of hydrogen-bond acceptors (Lipinski definition) is 5. The first kappa shape index (κ1) is 9.47. The fourth-order valence-electron chi connectivity index (χ4n) is 0.601. The van der Waals surface area contributed by atoms with Crippen LogP contribution in [0.3, 0.4) is 0 Å². The average Bonchev–Trinajstić information content (AvgIpc) is 2.03. The first-order chi connectivity index (χ1) is 5.54. The molecule has 0 bridgehead atoms. The number of rotatable bonds is 2. The minimum absolute atomic E-state index is 0.153. The third-order valence-corrected chi connectivity index (χ3v) is 2.86. The van der Waals surface area contributed by atoms with E-state index >= 15 is 0 Å². The molecule has 0 atom stereocenters. The van der Waals surface area contributed by atoms with Gasteiger partial charge >= 0.3 is 0 Å². The summed E-state index contributed by atoms with van der Waals surface area (Å²) in [6.45, 7) is 0. The van der Waals surface area contributed by atoms with Crippen molar-refractivity contribution in [3.63, 3.8) is 0 Å². The van der Waals surface area contributed by atoms with Crippen molar-refractivity contribution in [1.29, 1.82) is 0 Å².